The summed E-state index contributed by atoms with van der Waals surface area (Å²) in [6.07, 6.45) is 3.22. The number of hydrogen-bond donors (Lipinski definition) is 0. The molecule has 0 spiro atoms. The van der Waals surface area contributed by atoms with E-state index >= 15 is 0 Å². The molecular formula is C18H21N3O2S. The third-order valence-electron chi connectivity index (χ3n) is 4.47. The first kappa shape index (κ1) is 15.6. The number of aromatic nitrogens is 3. The van der Waals surface area contributed by atoms with Crippen LogP contribution in [0.3, 0.4) is 0 Å². The number of ether oxygens (including phenoxy) is 1. The predicted octanol–water partition coefficient (Wildman–Crippen LogP) is 3.57. The van der Waals surface area contributed by atoms with E-state index in [1.807, 2.05) is 33.4 Å². The molecule has 0 saturated carbocycles. The van der Waals surface area contributed by atoms with E-state index < -0.39 is 0 Å². The second kappa shape index (κ2) is 6.53. The highest BCUT2D eigenvalue weighted by molar-refractivity contribution is 7.09. The highest BCUT2D eigenvalue weighted by Crippen LogP contribution is 2.30. The molecule has 3 heterocycles. The van der Waals surface area contributed by atoms with Gasteiger partial charge in [-0.25, -0.2) is 9.78 Å². The number of hydrogen-bond acceptors (Lipinski definition) is 4. The van der Waals surface area contributed by atoms with E-state index in [4.69, 9.17) is 9.72 Å². The molecule has 0 bridgehead atoms. The van der Waals surface area contributed by atoms with Crippen molar-refractivity contribution in [2.45, 2.75) is 45.4 Å². The molecule has 1 aliphatic heterocycles. The van der Waals surface area contributed by atoms with Gasteiger partial charge in [-0.3, -0.25) is 9.13 Å². The van der Waals surface area contributed by atoms with Crippen molar-refractivity contribution >= 4 is 22.4 Å². The van der Waals surface area contributed by atoms with Gasteiger partial charge in [0.05, 0.1) is 23.3 Å². The average molecular weight is 343 g/mol. The van der Waals surface area contributed by atoms with Crippen LogP contribution in [0, 0.1) is 0 Å². The van der Waals surface area contributed by atoms with E-state index in [0.29, 0.717) is 6.54 Å². The molecule has 3 aromatic rings. The van der Waals surface area contributed by atoms with E-state index in [0.717, 1.165) is 54.1 Å². The fraction of sp³-hybridized carbons (Fsp3) is 0.444. The van der Waals surface area contributed by atoms with Crippen molar-refractivity contribution in [3.63, 3.8) is 0 Å². The van der Waals surface area contributed by atoms with Gasteiger partial charge in [0, 0.05) is 18.5 Å². The molecule has 1 fully saturated rings. The lowest BCUT2D eigenvalue weighted by molar-refractivity contribution is 0.111. The van der Waals surface area contributed by atoms with Gasteiger partial charge in [-0.2, -0.15) is 0 Å². The fourth-order valence-electron chi connectivity index (χ4n) is 3.34. The molecule has 1 aliphatic rings. The molecule has 0 N–H and O–H groups in total. The summed E-state index contributed by atoms with van der Waals surface area (Å²) in [5, 5.41) is 3.09. The summed E-state index contributed by atoms with van der Waals surface area (Å²) in [5.74, 6) is 0. The van der Waals surface area contributed by atoms with Gasteiger partial charge in [0.2, 0.25) is 0 Å². The first-order valence-electron chi connectivity index (χ1n) is 8.52. The minimum atomic E-state index is 0.0460. The minimum Gasteiger partial charge on any atom is -0.371 e. The molecule has 0 aliphatic carbocycles. The second-order valence-electron chi connectivity index (χ2n) is 6.19. The van der Waals surface area contributed by atoms with Gasteiger partial charge in [-0.05, 0) is 31.4 Å². The number of nitrogens with zero attached hydrogens (tertiary/aromatic N) is 3. The number of para-hydroxylation sites is 2. The lowest BCUT2D eigenvalue weighted by Gasteiger charge is -2.04. The zero-order valence-corrected chi connectivity index (χ0v) is 14.6. The van der Waals surface area contributed by atoms with Gasteiger partial charge in [-0.1, -0.05) is 19.1 Å². The van der Waals surface area contributed by atoms with E-state index in [1.165, 1.54) is 0 Å². The normalized spacial score (nSPS) is 17.8. The van der Waals surface area contributed by atoms with Crippen LogP contribution in [-0.2, 0) is 17.8 Å². The maximum atomic E-state index is 12.8. The summed E-state index contributed by atoms with van der Waals surface area (Å²) in [6, 6.07) is 7.99. The first-order valence-corrected chi connectivity index (χ1v) is 9.40. The summed E-state index contributed by atoms with van der Waals surface area (Å²) in [4.78, 5) is 17.5. The zero-order valence-electron chi connectivity index (χ0n) is 13.8. The number of benzene rings is 1. The molecule has 5 nitrogen and oxygen atoms in total. The molecule has 0 amide bonds. The van der Waals surface area contributed by atoms with Gasteiger partial charge in [-0.15, -0.1) is 11.3 Å². The van der Waals surface area contributed by atoms with Crippen molar-refractivity contribution in [1.82, 2.24) is 14.1 Å². The average Bonchev–Trinajstić information content (AvgIpc) is 3.32. The van der Waals surface area contributed by atoms with E-state index in [-0.39, 0.29) is 11.8 Å². The van der Waals surface area contributed by atoms with Crippen LogP contribution in [0.5, 0.6) is 0 Å². The largest absolute Gasteiger partial charge is 0.371 e. The lowest BCUT2D eigenvalue weighted by atomic mass is 10.2. The van der Waals surface area contributed by atoms with Crippen molar-refractivity contribution in [2.75, 3.05) is 6.61 Å². The summed E-state index contributed by atoms with van der Waals surface area (Å²) in [6.45, 7) is 4.17. The Morgan fingerprint density at radius 1 is 1.29 bits per heavy atom. The third kappa shape index (κ3) is 2.70. The summed E-state index contributed by atoms with van der Waals surface area (Å²) < 4.78 is 9.40. The second-order valence-corrected chi connectivity index (χ2v) is 7.08. The Morgan fingerprint density at radius 3 is 2.79 bits per heavy atom. The number of imidazole rings is 1. The van der Waals surface area contributed by atoms with Crippen LogP contribution in [0.2, 0.25) is 0 Å². The maximum absolute atomic E-state index is 12.8. The minimum absolute atomic E-state index is 0.0460. The maximum Gasteiger partial charge on any atom is 0.329 e. The van der Waals surface area contributed by atoms with Crippen molar-refractivity contribution < 1.29 is 4.74 Å². The van der Waals surface area contributed by atoms with Crippen LogP contribution in [-0.4, -0.2) is 20.7 Å². The Balaban J connectivity index is 1.69. The van der Waals surface area contributed by atoms with Crippen molar-refractivity contribution in [1.29, 1.82) is 0 Å². The number of aryl methyl sites for hydroxylation is 1. The molecule has 2 aromatic heterocycles. The predicted molar refractivity (Wildman–Crippen MR) is 95.6 cm³/mol. The molecule has 0 radical (unpaired) electrons. The highest BCUT2D eigenvalue weighted by Gasteiger charge is 2.21. The smallest absolute Gasteiger partial charge is 0.329 e. The summed E-state index contributed by atoms with van der Waals surface area (Å²) in [7, 11) is 0. The van der Waals surface area contributed by atoms with E-state index in [9.17, 15) is 4.79 Å². The van der Waals surface area contributed by atoms with Crippen LogP contribution in [0.1, 0.15) is 43.0 Å². The van der Waals surface area contributed by atoms with Gasteiger partial charge >= 0.3 is 5.69 Å². The SMILES string of the molecule is CCCn1c(=O)n(Cc2csc([C@@H]3CCCO3)n2)c2ccccc21. The topological polar surface area (TPSA) is 49.0 Å². The Kier molecular flexibility index (Phi) is 4.24. The zero-order chi connectivity index (χ0) is 16.5. The molecule has 1 aromatic carbocycles. The molecule has 1 saturated heterocycles. The monoisotopic (exact) mass is 343 g/mol. The van der Waals surface area contributed by atoms with E-state index in [1.54, 1.807) is 11.3 Å². The molecule has 1 atom stereocenters. The number of thiazole rings is 1. The quantitative estimate of drug-likeness (QED) is 0.711. The van der Waals surface area contributed by atoms with E-state index in [2.05, 4.69) is 12.3 Å². The van der Waals surface area contributed by atoms with Crippen LogP contribution < -0.4 is 5.69 Å². The molecule has 126 valence electrons. The molecule has 6 heteroatoms. The third-order valence-corrected chi connectivity index (χ3v) is 5.45. The first-order chi connectivity index (χ1) is 11.8. The van der Waals surface area contributed by atoms with Gasteiger partial charge in [0.25, 0.3) is 0 Å². The van der Waals surface area contributed by atoms with Crippen molar-refractivity contribution in [3.05, 3.63) is 50.8 Å². The van der Waals surface area contributed by atoms with Crippen LogP contribution in [0.4, 0.5) is 0 Å². The Morgan fingerprint density at radius 2 is 2.08 bits per heavy atom. The van der Waals surface area contributed by atoms with Crippen LogP contribution in [0.25, 0.3) is 11.0 Å². The van der Waals surface area contributed by atoms with Crippen LogP contribution in [0.15, 0.2) is 34.4 Å². The van der Waals surface area contributed by atoms with Crippen molar-refractivity contribution in [3.8, 4) is 0 Å². The molecular weight excluding hydrogens is 322 g/mol. The lowest BCUT2D eigenvalue weighted by Crippen LogP contribution is -2.24. The van der Waals surface area contributed by atoms with Gasteiger partial charge in [0.1, 0.15) is 11.1 Å². The number of fused-ring (bicyclic) bond motifs is 1. The summed E-state index contributed by atoms with van der Waals surface area (Å²) >= 11 is 1.64. The number of rotatable bonds is 5. The van der Waals surface area contributed by atoms with Crippen LogP contribution >= 0.6 is 11.3 Å². The highest BCUT2D eigenvalue weighted by atomic mass is 32.1. The van der Waals surface area contributed by atoms with Gasteiger partial charge in [0.15, 0.2) is 0 Å². The Bertz CT molecular complexity index is 903. The molecule has 4 rings (SSSR count). The summed E-state index contributed by atoms with van der Waals surface area (Å²) in [5.41, 5.74) is 2.96. The molecule has 24 heavy (non-hydrogen) atoms. The Hall–Kier alpha value is -1.92. The molecule has 0 unspecified atom stereocenters. The Labute approximate surface area is 144 Å². The van der Waals surface area contributed by atoms with Gasteiger partial charge < -0.3 is 4.74 Å². The standard InChI is InChI=1S/C18H21N3O2S/c1-2-9-20-14-6-3-4-7-15(14)21(18(20)22)11-13-12-24-17(19-13)16-8-5-10-23-16/h3-4,6-7,12,16H,2,5,8-11H2,1H3/t16-/m0/s1. The van der Waals surface area contributed by atoms with Crippen molar-refractivity contribution in [2.24, 2.45) is 0 Å². The fourth-order valence-corrected chi connectivity index (χ4v) is 4.23.